The Bertz CT molecular complexity index is 356. The number of nitrogens with one attached hydrogen (secondary N) is 1. The highest BCUT2D eigenvalue weighted by molar-refractivity contribution is 6.58. The molecular weight excluding hydrogens is 188 g/mol. The SMILES string of the molecule is CC(=O)Nc1ccc(B(O)O)c(F)c1. The van der Waals surface area contributed by atoms with Crippen LogP contribution < -0.4 is 10.8 Å². The fraction of sp³-hybridized carbons (Fsp3) is 0.125. The second-order valence-electron chi connectivity index (χ2n) is 2.79. The van der Waals surface area contributed by atoms with Crippen molar-refractivity contribution in [2.24, 2.45) is 0 Å². The second-order valence-corrected chi connectivity index (χ2v) is 2.79. The van der Waals surface area contributed by atoms with Crippen molar-refractivity contribution in [1.29, 1.82) is 0 Å². The Labute approximate surface area is 80.5 Å². The monoisotopic (exact) mass is 197 g/mol. The smallest absolute Gasteiger partial charge is 0.423 e. The molecule has 4 nitrogen and oxygen atoms in total. The number of benzene rings is 1. The van der Waals surface area contributed by atoms with E-state index in [-0.39, 0.29) is 17.1 Å². The second kappa shape index (κ2) is 4.21. The summed E-state index contributed by atoms with van der Waals surface area (Å²) in [5.74, 6) is -1.09. The fourth-order valence-electron chi connectivity index (χ4n) is 1.02. The lowest BCUT2D eigenvalue weighted by atomic mass is 9.80. The summed E-state index contributed by atoms with van der Waals surface area (Å²) in [5, 5.41) is 19.8. The van der Waals surface area contributed by atoms with E-state index in [4.69, 9.17) is 10.0 Å². The lowest BCUT2D eigenvalue weighted by Crippen LogP contribution is -2.32. The molecule has 1 amide bonds. The van der Waals surface area contributed by atoms with Gasteiger partial charge in [0.1, 0.15) is 5.82 Å². The molecule has 1 aromatic rings. The lowest BCUT2D eigenvalue weighted by Gasteiger charge is -2.05. The molecule has 0 heterocycles. The Morgan fingerprint density at radius 3 is 2.57 bits per heavy atom. The van der Waals surface area contributed by atoms with Crippen molar-refractivity contribution in [1.82, 2.24) is 0 Å². The molecule has 0 fully saturated rings. The minimum atomic E-state index is -1.85. The van der Waals surface area contributed by atoms with Crippen molar-refractivity contribution >= 4 is 24.2 Å². The quantitative estimate of drug-likeness (QED) is 0.558. The first-order valence-electron chi connectivity index (χ1n) is 3.94. The summed E-state index contributed by atoms with van der Waals surface area (Å²) in [6, 6.07) is 3.61. The van der Waals surface area contributed by atoms with E-state index in [1.807, 2.05) is 0 Å². The molecule has 6 heteroatoms. The first-order valence-corrected chi connectivity index (χ1v) is 3.94. The van der Waals surface area contributed by atoms with Crippen LogP contribution in [-0.2, 0) is 4.79 Å². The standard InChI is InChI=1S/C8H9BFNO3/c1-5(12)11-6-2-3-7(9(13)14)8(10)4-6/h2-4,13-14H,1H3,(H,11,12). The maximum Gasteiger partial charge on any atom is 0.491 e. The first-order chi connectivity index (χ1) is 6.50. The summed E-state index contributed by atoms with van der Waals surface area (Å²) < 4.78 is 13.1. The van der Waals surface area contributed by atoms with Gasteiger partial charge >= 0.3 is 7.12 Å². The summed E-state index contributed by atoms with van der Waals surface area (Å²) in [7, 11) is -1.85. The Hall–Kier alpha value is -1.40. The van der Waals surface area contributed by atoms with Crippen molar-refractivity contribution < 1.29 is 19.2 Å². The third kappa shape index (κ3) is 2.55. The average Bonchev–Trinajstić information content (AvgIpc) is 2.01. The van der Waals surface area contributed by atoms with E-state index in [0.29, 0.717) is 0 Å². The van der Waals surface area contributed by atoms with Gasteiger partial charge in [-0.2, -0.15) is 0 Å². The Morgan fingerprint density at radius 1 is 1.50 bits per heavy atom. The zero-order valence-corrected chi connectivity index (χ0v) is 7.49. The van der Waals surface area contributed by atoms with E-state index >= 15 is 0 Å². The molecule has 3 N–H and O–H groups in total. The number of anilines is 1. The number of carbonyl (C=O) groups is 1. The van der Waals surface area contributed by atoms with Crippen molar-refractivity contribution in [3.63, 3.8) is 0 Å². The van der Waals surface area contributed by atoms with E-state index in [9.17, 15) is 9.18 Å². The zero-order chi connectivity index (χ0) is 10.7. The number of hydrogen-bond donors (Lipinski definition) is 3. The van der Waals surface area contributed by atoms with Crippen molar-refractivity contribution in [2.45, 2.75) is 6.92 Å². The van der Waals surface area contributed by atoms with Crippen LogP contribution >= 0.6 is 0 Å². The van der Waals surface area contributed by atoms with Gasteiger partial charge in [0, 0.05) is 18.1 Å². The van der Waals surface area contributed by atoms with Gasteiger partial charge < -0.3 is 15.4 Å². The highest BCUT2D eigenvalue weighted by Gasteiger charge is 2.16. The molecule has 14 heavy (non-hydrogen) atoms. The van der Waals surface area contributed by atoms with Gasteiger partial charge in [0.25, 0.3) is 0 Å². The molecule has 0 aromatic heterocycles. The van der Waals surface area contributed by atoms with Crippen molar-refractivity contribution in [2.75, 3.05) is 5.32 Å². The predicted octanol–water partition coefficient (Wildman–Crippen LogP) is -0.536. The van der Waals surface area contributed by atoms with Gasteiger partial charge in [0.15, 0.2) is 0 Å². The third-order valence-corrected chi connectivity index (χ3v) is 1.60. The predicted molar refractivity (Wildman–Crippen MR) is 50.5 cm³/mol. The van der Waals surface area contributed by atoms with Gasteiger partial charge in [-0.15, -0.1) is 0 Å². The molecule has 0 aliphatic rings. The van der Waals surface area contributed by atoms with Gasteiger partial charge in [-0.05, 0) is 12.1 Å². The van der Waals surface area contributed by atoms with Crippen LogP contribution in [0.4, 0.5) is 10.1 Å². The van der Waals surface area contributed by atoms with Gasteiger partial charge in [-0.3, -0.25) is 4.79 Å². The summed E-state index contributed by atoms with van der Waals surface area (Å²) in [6.45, 7) is 1.30. The van der Waals surface area contributed by atoms with Crippen LogP contribution in [0.2, 0.25) is 0 Å². The van der Waals surface area contributed by atoms with Crippen LogP contribution in [0.5, 0.6) is 0 Å². The molecule has 1 aromatic carbocycles. The molecule has 0 spiro atoms. The number of hydrogen-bond acceptors (Lipinski definition) is 3. The molecule has 0 unspecified atom stereocenters. The highest BCUT2D eigenvalue weighted by Crippen LogP contribution is 2.07. The molecule has 0 aliphatic heterocycles. The maximum absolute atomic E-state index is 13.1. The normalized spacial score (nSPS) is 9.71. The van der Waals surface area contributed by atoms with Gasteiger partial charge in [0.2, 0.25) is 5.91 Å². The summed E-state index contributed by atoms with van der Waals surface area (Å²) in [6.07, 6.45) is 0. The minimum Gasteiger partial charge on any atom is -0.423 e. The van der Waals surface area contributed by atoms with Crippen LogP contribution in [-0.4, -0.2) is 23.1 Å². The van der Waals surface area contributed by atoms with Crippen molar-refractivity contribution in [3.05, 3.63) is 24.0 Å². The summed E-state index contributed by atoms with van der Waals surface area (Å²) >= 11 is 0. The molecule has 0 saturated carbocycles. The van der Waals surface area contributed by atoms with Crippen LogP contribution in [0.1, 0.15) is 6.92 Å². The highest BCUT2D eigenvalue weighted by atomic mass is 19.1. The van der Waals surface area contributed by atoms with Crippen LogP contribution in [0.3, 0.4) is 0 Å². The fourth-order valence-corrected chi connectivity index (χ4v) is 1.02. The average molecular weight is 197 g/mol. The Morgan fingerprint density at radius 2 is 2.14 bits per heavy atom. The molecule has 0 saturated heterocycles. The van der Waals surface area contributed by atoms with E-state index < -0.39 is 12.9 Å². The number of halogens is 1. The maximum atomic E-state index is 13.1. The lowest BCUT2D eigenvalue weighted by molar-refractivity contribution is -0.114. The zero-order valence-electron chi connectivity index (χ0n) is 7.49. The molecule has 0 radical (unpaired) electrons. The number of rotatable bonds is 2. The van der Waals surface area contributed by atoms with Gasteiger partial charge in [-0.1, -0.05) is 6.07 Å². The molecule has 1 rings (SSSR count). The molecule has 0 atom stereocenters. The van der Waals surface area contributed by atoms with E-state index in [1.165, 1.54) is 19.1 Å². The number of carbonyl (C=O) groups excluding carboxylic acids is 1. The summed E-state index contributed by atoms with van der Waals surface area (Å²) in [4.78, 5) is 10.6. The summed E-state index contributed by atoms with van der Waals surface area (Å²) in [5.41, 5.74) is 0.0542. The molecule has 0 aliphatic carbocycles. The topological polar surface area (TPSA) is 69.6 Å². The third-order valence-electron chi connectivity index (χ3n) is 1.60. The van der Waals surface area contributed by atoms with Gasteiger partial charge in [-0.25, -0.2) is 4.39 Å². The Kier molecular flexibility index (Phi) is 3.21. The van der Waals surface area contributed by atoms with E-state index in [2.05, 4.69) is 5.32 Å². The Balaban J connectivity index is 2.94. The van der Waals surface area contributed by atoms with Crippen LogP contribution in [0.25, 0.3) is 0 Å². The van der Waals surface area contributed by atoms with E-state index in [0.717, 1.165) is 6.07 Å². The van der Waals surface area contributed by atoms with Crippen molar-refractivity contribution in [3.8, 4) is 0 Å². The molecular formula is C8H9BFNO3. The van der Waals surface area contributed by atoms with Crippen LogP contribution in [0, 0.1) is 5.82 Å². The van der Waals surface area contributed by atoms with Gasteiger partial charge in [0.05, 0.1) is 0 Å². The molecule has 74 valence electrons. The first kappa shape index (κ1) is 10.7. The number of amides is 1. The van der Waals surface area contributed by atoms with E-state index in [1.54, 1.807) is 0 Å². The minimum absolute atomic E-state index is 0.223. The van der Waals surface area contributed by atoms with Crippen LogP contribution in [0.15, 0.2) is 18.2 Å². The largest absolute Gasteiger partial charge is 0.491 e. The molecule has 0 bridgehead atoms.